The van der Waals surface area contributed by atoms with Crippen LogP contribution in [0.3, 0.4) is 0 Å². The Kier molecular flexibility index (Phi) is 5.02. The van der Waals surface area contributed by atoms with E-state index in [0.717, 1.165) is 43.5 Å². The number of hydrogen-bond acceptors (Lipinski definition) is 4. The number of amides is 1. The van der Waals surface area contributed by atoms with E-state index in [1.54, 1.807) is 17.1 Å². The molecule has 0 bridgehead atoms. The number of aromatic nitrogens is 2. The number of nitrogens with zero attached hydrogens (tertiary/aromatic N) is 3. The Morgan fingerprint density at radius 2 is 2.07 bits per heavy atom. The molecule has 2 fully saturated rings. The number of carbonyl (C=O) groups is 1. The third kappa shape index (κ3) is 3.64. The van der Waals surface area contributed by atoms with Crippen molar-refractivity contribution in [3.8, 4) is 0 Å². The second kappa shape index (κ2) is 7.44. The Bertz CT molecular complexity index is 790. The fraction of sp³-hybridized carbons (Fsp3) is 0.524. The highest BCUT2D eigenvalue weighted by molar-refractivity contribution is 5.92. The van der Waals surface area contributed by atoms with E-state index in [9.17, 15) is 9.90 Å². The summed E-state index contributed by atoms with van der Waals surface area (Å²) in [5.41, 5.74) is 0.949. The number of benzene rings is 1. The largest absolute Gasteiger partial charge is 0.385 e. The van der Waals surface area contributed by atoms with Crippen molar-refractivity contribution in [2.24, 2.45) is 13.0 Å². The van der Waals surface area contributed by atoms with E-state index in [0.29, 0.717) is 13.0 Å². The molecule has 1 aromatic carbocycles. The van der Waals surface area contributed by atoms with E-state index in [4.69, 9.17) is 0 Å². The number of aryl methyl sites for hydroxylation is 1. The summed E-state index contributed by atoms with van der Waals surface area (Å²) >= 11 is 0. The summed E-state index contributed by atoms with van der Waals surface area (Å²) in [7, 11) is 1.83. The molecule has 2 aliphatic rings. The molecule has 6 heteroatoms. The number of piperidine rings is 1. The normalized spacial score (nSPS) is 28.5. The molecule has 2 N–H and O–H groups in total. The highest BCUT2D eigenvalue weighted by Crippen LogP contribution is 2.46. The first-order valence-electron chi connectivity index (χ1n) is 9.87. The molecule has 1 amide bonds. The number of anilines is 1. The number of nitrogens with one attached hydrogen (secondary N) is 1. The average molecular weight is 368 g/mol. The highest BCUT2D eigenvalue weighted by atomic mass is 16.3. The standard InChI is InChI=1S/C21H28N4O2/c1-24-14-17(13-22-24)23-20(26)15-25-12-11-21(27,16-7-3-2-4-8-16)18-9-5-6-10-19(18)25/h2-4,7-8,13-14,18-19,27H,5-6,9-12,15H2,1H3,(H,23,26)/t18-,19-,21+/m1/s1. The zero-order chi connectivity index (χ0) is 18.9. The van der Waals surface area contributed by atoms with Gasteiger partial charge < -0.3 is 10.4 Å². The zero-order valence-corrected chi connectivity index (χ0v) is 15.8. The third-order valence-electron chi connectivity index (χ3n) is 6.20. The lowest BCUT2D eigenvalue weighted by molar-refractivity contribution is -0.133. The van der Waals surface area contributed by atoms with Crippen LogP contribution in [0.1, 0.15) is 37.7 Å². The molecule has 1 saturated heterocycles. The van der Waals surface area contributed by atoms with Crippen LogP contribution in [0, 0.1) is 5.92 Å². The van der Waals surface area contributed by atoms with Crippen LogP contribution in [0.15, 0.2) is 42.7 Å². The van der Waals surface area contributed by atoms with Gasteiger partial charge in [0.05, 0.1) is 24.0 Å². The van der Waals surface area contributed by atoms with Gasteiger partial charge in [-0.1, -0.05) is 43.2 Å². The molecule has 0 radical (unpaired) electrons. The lowest BCUT2D eigenvalue weighted by Gasteiger charge is -2.52. The Hall–Kier alpha value is -2.18. The molecule has 1 aliphatic heterocycles. The molecule has 3 atom stereocenters. The topological polar surface area (TPSA) is 70.4 Å². The lowest BCUT2D eigenvalue weighted by Crippen LogP contribution is -2.58. The number of carbonyl (C=O) groups excluding carboxylic acids is 1. The van der Waals surface area contributed by atoms with E-state index in [1.165, 1.54) is 0 Å². The van der Waals surface area contributed by atoms with E-state index in [1.807, 2.05) is 37.4 Å². The van der Waals surface area contributed by atoms with Crippen molar-refractivity contribution in [2.45, 2.75) is 43.7 Å². The van der Waals surface area contributed by atoms with E-state index < -0.39 is 5.60 Å². The van der Waals surface area contributed by atoms with E-state index in [-0.39, 0.29) is 17.9 Å². The molecule has 1 aliphatic carbocycles. The monoisotopic (exact) mass is 368 g/mol. The predicted molar refractivity (Wildman–Crippen MR) is 104 cm³/mol. The second-order valence-corrected chi connectivity index (χ2v) is 7.92. The van der Waals surface area contributed by atoms with Gasteiger partial charge in [0.15, 0.2) is 0 Å². The van der Waals surface area contributed by atoms with Crippen LogP contribution in [0.4, 0.5) is 5.69 Å². The maximum absolute atomic E-state index is 12.5. The van der Waals surface area contributed by atoms with Crippen molar-refractivity contribution in [3.63, 3.8) is 0 Å². The fourth-order valence-electron chi connectivity index (χ4n) is 4.92. The van der Waals surface area contributed by atoms with Crippen molar-refractivity contribution < 1.29 is 9.90 Å². The van der Waals surface area contributed by atoms with Gasteiger partial charge in [-0.15, -0.1) is 0 Å². The van der Waals surface area contributed by atoms with Crippen molar-refractivity contribution in [1.82, 2.24) is 14.7 Å². The van der Waals surface area contributed by atoms with Gasteiger partial charge in [0.1, 0.15) is 0 Å². The van der Waals surface area contributed by atoms with Crippen molar-refractivity contribution in [3.05, 3.63) is 48.3 Å². The second-order valence-electron chi connectivity index (χ2n) is 7.92. The molecule has 2 aromatic rings. The summed E-state index contributed by atoms with van der Waals surface area (Å²) in [4.78, 5) is 14.8. The Balaban J connectivity index is 1.49. The van der Waals surface area contributed by atoms with E-state index in [2.05, 4.69) is 15.3 Å². The molecule has 1 saturated carbocycles. The fourth-order valence-corrected chi connectivity index (χ4v) is 4.92. The minimum atomic E-state index is -0.789. The van der Waals surface area contributed by atoms with E-state index >= 15 is 0 Å². The summed E-state index contributed by atoms with van der Waals surface area (Å²) in [6.45, 7) is 1.09. The van der Waals surface area contributed by atoms with Gasteiger partial charge in [0.25, 0.3) is 0 Å². The van der Waals surface area contributed by atoms with Crippen LogP contribution < -0.4 is 5.32 Å². The van der Waals surface area contributed by atoms with Gasteiger partial charge in [-0.3, -0.25) is 14.4 Å². The van der Waals surface area contributed by atoms with Gasteiger partial charge in [-0.05, 0) is 24.8 Å². The summed E-state index contributed by atoms with van der Waals surface area (Å²) in [5.74, 6) is 0.158. The molecule has 27 heavy (non-hydrogen) atoms. The van der Waals surface area contributed by atoms with Gasteiger partial charge in [0, 0.05) is 31.7 Å². The van der Waals surface area contributed by atoms with Crippen LogP contribution in [0.2, 0.25) is 0 Å². The van der Waals surface area contributed by atoms with Gasteiger partial charge in [-0.25, -0.2) is 0 Å². The smallest absolute Gasteiger partial charge is 0.238 e. The first-order chi connectivity index (χ1) is 13.1. The first kappa shape index (κ1) is 18.2. The van der Waals surface area contributed by atoms with Crippen LogP contribution in [0.5, 0.6) is 0 Å². The van der Waals surface area contributed by atoms with Crippen molar-refractivity contribution in [2.75, 3.05) is 18.4 Å². The van der Waals surface area contributed by atoms with Crippen LogP contribution in [-0.2, 0) is 17.4 Å². The summed E-state index contributed by atoms with van der Waals surface area (Å²) in [5, 5.41) is 18.6. The number of rotatable bonds is 4. The number of likely N-dealkylation sites (tertiary alicyclic amines) is 1. The summed E-state index contributed by atoms with van der Waals surface area (Å²) in [6.07, 6.45) is 8.48. The number of aliphatic hydroxyl groups is 1. The predicted octanol–water partition coefficient (Wildman–Crippen LogP) is 2.51. The van der Waals surface area contributed by atoms with Gasteiger partial charge in [-0.2, -0.15) is 5.10 Å². The SMILES string of the molecule is Cn1cc(NC(=O)CN2CC[C@](O)(c3ccccc3)[C@@H]3CCCC[C@H]32)cn1. The number of fused-ring (bicyclic) bond motifs is 1. The lowest BCUT2D eigenvalue weighted by atomic mass is 9.66. The Morgan fingerprint density at radius 3 is 2.81 bits per heavy atom. The molecule has 6 nitrogen and oxygen atoms in total. The quantitative estimate of drug-likeness (QED) is 0.870. The Morgan fingerprint density at radius 1 is 1.30 bits per heavy atom. The molecule has 2 heterocycles. The average Bonchev–Trinajstić information content (AvgIpc) is 3.09. The molecule has 144 valence electrons. The zero-order valence-electron chi connectivity index (χ0n) is 15.8. The van der Waals surface area contributed by atoms with Gasteiger partial charge in [0.2, 0.25) is 5.91 Å². The van der Waals surface area contributed by atoms with Crippen LogP contribution in [-0.4, -0.2) is 44.8 Å². The van der Waals surface area contributed by atoms with Crippen LogP contribution >= 0.6 is 0 Å². The first-order valence-corrected chi connectivity index (χ1v) is 9.87. The van der Waals surface area contributed by atoms with Crippen LogP contribution in [0.25, 0.3) is 0 Å². The van der Waals surface area contributed by atoms with Crippen molar-refractivity contribution in [1.29, 1.82) is 0 Å². The number of hydrogen-bond donors (Lipinski definition) is 2. The van der Waals surface area contributed by atoms with Crippen molar-refractivity contribution >= 4 is 11.6 Å². The molecule has 0 unspecified atom stereocenters. The molecular weight excluding hydrogens is 340 g/mol. The minimum absolute atomic E-state index is 0.0162. The Labute approximate surface area is 160 Å². The molecular formula is C21H28N4O2. The molecule has 1 aromatic heterocycles. The maximum Gasteiger partial charge on any atom is 0.238 e. The maximum atomic E-state index is 12.5. The molecule has 4 rings (SSSR count). The summed E-state index contributed by atoms with van der Waals surface area (Å²) < 4.78 is 1.67. The highest BCUT2D eigenvalue weighted by Gasteiger charge is 2.49. The minimum Gasteiger partial charge on any atom is -0.385 e. The third-order valence-corrected chi connectivity index (χ3v) is 6.20. The summed E-state index contributed by atoms with van der Waals surface area (Å²) in [6, 6.07) is 10.3. The van der Waals surface area contributed by atoms with Gasteiger partial charge >= 0.3 is 0 Å². The molecule has 0 spiro atoms.